The SMILES string of the molecule is C=C(C)/C=C/C=C(\C)C=C=C1C(C)(C)C[C@H](C)C[C@@]1(C)O.C=C/C=C/C=C(C)/C=C/C=C(\C)C(=O)C[C@@]12O[C@]1(C)C[C@@H](O)CC2(C)C. The molecule has 1 aliphatic heterocycles. The Hall–Kier alpha value is -3.01. The lowest BCUT2D eigenvalue weighted by Gasteiger charge is -2.44. The van der Waals surface area contributed by atoms with E-state index in [2.05, 4.69) is 53.5 Å². The van der Waals surface area contributed by atoms with Gasteiger partial charge < -0.3 is 14.9 Å². The predicted octanol–water partition coefficient (Wildman–Crippen LogP) is 10.2. The molecule has 2 saturated carbocycles. The topological polar surface area (TPSA) is 70.1 Å². The molecule has 4 nitrogen and oxygen atoms in total. The molecule has 1 heterocycles. The van der Waals surface area contributed by atoms with E-state index in [9.17, 15) is 15.0 Å². The van der Waals surface area contributed by atoms with E-state index in [1.54, 1.807) is 6.08 Å². The number of rotatable bonds is 10. The number of carbonyl (C=O) groups is 1. The van der Waals surface area contributed by atoms with Crippen LogP contribution in [0.4, 0.5) is 0 Å². The summed E-state index contributed by atoms with van der Waals surface area (Å²) in [7, 11) is 0. The Morgan fingerprint density at radius 2 is 1.51 bits per heavy atom. The van der Waals surface area contributed by atoms with Crippen molar-refractivity contribution in [1.82, 2.24) is 0 Å². The van der Waals surface area contributed by atoms with Gasteiger partial charge in [0, 0.05) is 18.4 Å². The van der Waals surface area contributed by atoms with Gasteiger partial charge in [-0.15, -0.1) is 5.73 Å². The van der Waals surface area contributed by atoms with Crippen molar-refractivity contribution >= 4 is 5.78 Å². The first kappa shape index (κ1) is 40.2. The summed E-state index contributed by atoms with van der Waals surface area (Å²) in [6, 6.07) is 0. The Labute approximate surface area is 286 Å². The normalized spacial score (nSPS) is 32.0. The Bertz CT molecular complexity index is 1410. The van der Waals surface area contributed by atoms with Gasteiger partial charge in [0.25, 0.3) is 0 Å². The highest BCUT2D eigenvalue weighted by Crippen LogP contribution is 2.67. The van der Waals surface area contributed by atoms with Gasteiger partial charge in [0.2, 0.25) is 0 Å². The number of hydrogen-bond acceptors (Lipinski definition) is 4. The average Bonchev–Trinajstić information content (AvgIpc) is 3.51. The van der Waals surface area contributed by atoms with Crippen molar-refractivity contribution in [1.29, 1.82) is 0 Å². The highest BCUT2D eigenvalue weighted by atomic mass is 16.6. The van der Waals surface area contributed by atoms with Crippen LogP contribution in [-0.4, -0.2) is 38.9 Å². The Kier molecular flexibility index (Phi) is 13.6. The second-order valence-corrected chi connectivity index (χ2v) is 15.9. The van der Waals surface area contributed by atoms with Crippen LogP contribution >= 0.6 is 0 Å². The third-order valence-corrected chi connectivity index (χ3v) is 9.84. The largest absolute Gasteiger partial charge is 0.393 e. The zero-order chi connectivity index (χ0) is 35.8. The zero-order valence-corrected chi connectivity index (χ0v) is 31.2. The van der Waals surface area contributed by atoms with E-state index in [-0.39, 0.29) is 22.7 Å². The molecule has 0 radical (unpaired) electrons. The molecule has 5 atom stereocenters. The summed E-state index contributed by atoms with van der Waals surface area (Å²) in [6.07, 6.45) is 24.4. The smallest absolute Gasteiger partial charge is 0.161 e. The minimum Gasteiger partial charge on any atom is -0.393 e. The lowest BCUT2D eigenvalue weighted by molar-refractivity contribution is -0.118. The number of fused-ring (bicyclic) bond motifs is 1. The van der Waals surface area contributed by atoms with E-state index < -0.39 is 16.8 Å². The zero-order valence-electron chi connectivity index (χ0n) is 31.2. The van der Waals surface area contributed by atoms with Crippen molar-refractivity contribution < 1.29 is 19.7 Å². The summed E-state index contributed by atoms with van der Waals surface area (Å²) in [6.45, 7) is 30.1. The number of epoxide rings is 1. The molecule has 2 N–H and O–H groups in total. The van der Waals surface area contributed by atoms with Crippen LogP contribution in [0.15, 0.2) is 114 Å². The maximum absolute atomic E-state index is 12.8. The molecule has 3 rings (SSSR count). The quantitative estimate of drug-likeness (QED) is 0.108. The van der Waals surface area contributed by atoms with Crippen LogP contribution in [0, 0.1) is 16.7 Å². The van der Waals surface area contributed by atoms with E-state index in [4.69, 9.17) is 4.74 Å². The van der Waals surface area contributed by atoms with Gasteiger partial charge in [-0.05, 0) is 94.8 Å². The molecular weight excluding hydrogens is 580 g/mol. The molecule has 4 heteroatoms. The van der Waals surface area contributed by atoms with Crippen LogP contribution in [0.1, 0.15) is 108 Å². The second kappa shape index (κ2) is 15.9. The summed E-state index contributed by atoms with van der Waals surface area (Å²) in [5.41, 5.74) is 6.53. The second-order valence-electron chi connectivity index (χ2n) is 15.9. The Morgan fingerprint density at radius 1 is 0.894 bits per heavy atom. The molecule has 0 aromatic heterocycles. The summed E-state index contributed by atoms with van der Waals surface area (Å²) >= 11 is 0. The van der Waals surface area contributed by atoms with Gasteiger partial charge in [-0.2, -0.15) is 0 Å². The number of ether oxygens (including phenoxy) is 1. The number of carbonyl (C=O) groups excluding carboxylic acids is 1. The molecule has 0 spiro atoms. The van der Waals surface area contributed by atoms with E-state index in [0.717, 1.165) is 40.7 Å². The van der Waals surface area contributed by atoms with E-state index in [1.165, 1.54) is 0 Å². The Balaban J connectivity index is 0.000000335. The number of aliphatic hydroxyl groups is 2. The van der Waals surface area contributed by atoms with Crippen molar-refractivity contribution in [2.24, 2.45) is 16.7 Å². The number of hydrogen-bond donors (Lipinski definition) is 2. The molecule has 3 aliphatic rings. The fourth-order valence-corrected chi connectivity index (χ4v) is 7.81. The lowest BCUT2D eigenvalue weighted by atomic mass is 9.61. The van der Waals surface area contributed by atoms with Crippen molar-refractivity contribution in [2.75, 3.05) is 0 Å². The molecular formula is C43H62O4. The third-order valence-electron chi connectivity index (χ3n) is 9.84. The minimum absolute atomic E-state index is 0.00844. The fourth-order valence-electron chi connectivity index (χ4n) is 7.81. The molecule has 0 bridgehead atoms. The molecule has 2 aliphatic carbocycles. The standard InChI is InChI=1S/C23H32O3.C20H30O/c1-7-8-9-11-17(2)12-10-13-18(3)20(25)16-23-21(4,5)14-19(24)15-22(23,6)26-23;1-15(2)9-8-10-16(3)11-12-18-19(5,6)13-17(4)14-20(18,7)21/h7-13,19,24H,1,14-16H2,2-6H3;8-11,17,21H,1,13-14H2,2-7H3/b9-8+,12-10+,17-11+,18-13+;9-8+,16-10+/t19-,22+,23-;12?,17-,20+/m00/s1. The van der Waals surface area contributed by atoms with E-state index >= 15 is 0 Å². The summed E-state index contributed by atoms with van der Waals surface area (Å²) in [5.74, 6) is 0.645. The van der Waals surface area contributed by atoms with Crippen LogP contribution in [0.2, 0.25) is 0 Å². The fraction of sp³-hybridized carbons (Fsp3) is 0.535. The van der Waals surface area contributed by atoms with Gasteiger partial charge in [0.05, 0.1) is 17.3 Å². The highest BCUT2D eigenvalue weighted by Gasteiger charge is 2.76. The van der Waals surface area contributed by atoms with Gasteiger partial charge in [-0.3, -0.25) is 4.79 Å². The summed E-state index contributed by atoms with van der Waals surface area (Å²) in [4.78, 5) is 12.8. The monoisotopic (exact) mass is 642 g/mol. The van der Waals surface area contributed by atoms with Crippen LogP contribution in [-0.2, 0) is 9.53 Å². The van der Waals surface area contributed by atoms with Gasteiger partial charge in [-0.1, -0.05) is 120 Å². The molecule has 3 fully saturated rings. The summed E-state index contributed by atoms with van der Waals surface area (Å²) in [5, 5.41) is 20.8. The first-order valence-electron chi connectivity index (χ1n) is 17.0. The first-order chi connectivity index (χ1) is 21.6. The van der Waals surface area contributed by atoms with E-state index in [0.29, 0.717) is 25.2 Å². The number of allylic oxidation sites excluding steroid dienone is 14. The van der Waals surface area contributed by atoms with Crippen LogP contribution < -0.4 is 0 Å². The number of ketones is 1. The van der Waals surface area contributed by atoms with Gasteiger partial charge >= 0.3 is 0 Å². The van der Waals surface area contributed by atoms with Crippen molar-refractivity contribution in [3.05, 3.63) is 114 Å². The maximum Gasteiger partial charge on any atom is 0.161 e. The van der Waals surface area contributed by atoms with Crippen LogP contribution in [0.3, 0.4) is 0 Å². The van der Waals surface area contributed by atoms with E-state index in [1.807, 2.05) is 102 Å². The molecule has 0 aromatic rings. The molecule has 0 aromatic carbocycles. The van der Waals surface area contributed by atoms with Crippen molar-refractivity contribution in [3.8, 4) is 0 Å². The molecule has 0 amide bonds. The summed E-state index contributed by atoms with van der Waals surface area (Å²) < 4.78 is 6.11. The molecule has 0 unspecified atom stereocenters. The van der Waals surface area contributed by atoms with Crippen molar-refractivity contribution in [2.45, 2.75) is 131 Å². The molecule has 1 saturated heterocycles. The highest BCUT2D eigenvalue weighted by molar-refractivity contribution is 5.96. The lowest BCUT2D eigenvalue weighted by Crippen LogP contribution is -2.48. The van der Waals surface area contributed by atoms with Gasteiger partial charge in [-0.25, -0.2) is 0 Å². The Morgan fingerprint density at radius 3 is 2.09 bits per heavy atom. The minimum atomic E-state index is -0.758. The maximum atomic E-state index is 12.8. The molecule has 258 valence electrons. The first-order valence-corrected chi connectivity index (χ1v) is 17.0. The number of aliphatic hydroxyl groups excluding tert-OH is 1. The van der Waals surface area contributed by atoms with Gasteiger partial charge in [0.1, 0.15) is 5.60 Å². The third kappa shape index (κ3) is 10.7. The van der Waals surface area contributed by atoms with Gasteiger partial charge in [0.15, 0.2) is 5.78 Å². The van der Waals surface area contributed by atoms with Crippen molar-refractivity contribution in [3.63, 3.8) is 0 Å². The van der Waals surface area contributed by atoms with Crippen LogP contribution in [0.25, 0.3) is 0 Å². The van der Waals surface area contributed by atoms with Crippen LogP contribution in [0.5, 0.6) is 0 Å². The average molecular weight is 643 g/mol. The predicted molar refractivity (Wildman–Crippen MR) is 199 cm³/mol. The molecule has 47 heavy (non-hydrogen) atoms. The number of Topliss-reactive ketones (excluding diaryl/α,β-unsaturated/α-hetero) is 1.